The number of rotatable bonds is 5. The van der Waals surface area contributed by atoms with E-state index in [4.69, 9.17) is 4.18 Å². The van der Waals surface area contributed by atoms with E-state index in [-0.39, 0.29) is 12.5 Å². The molecule has 2 unspecified atom stereocenters. The van der Waals surface area contributed by atoms with Gasteiger partial charge in [-0.25, -0.2) is 0 Å². The Bertz CT molecular complexity index is 556. The van der Waals surface area contributed by atoms with Gasteiger partial charge in [0.2, 0.25) is 0 Å². The van der Waals surface area contributed by atoms with E-state index in [0.29, 0.717) is 13.0 Å². The number of hydrogen-bond acceptors (Lipinski definition) is 5. The highest BCUT2D eigenvalue weighted by atomic mass is 32.2. The van der Waals surface area contributed by atoms with Crippen molar-refractivity contribution in [3.05, 3.63) is 35.9 Å². The fourth-order valence-corrected chi connectivity index (χ4v) is 3.02. The number of piperidine rings is 1. The third-order valence-corrected chi connectivity index (χ3v) is 4.59. The SMILES string of the molecule is CC1(O)CCN(Cc2ccccc2)CC1COS(C)(=O)=O. The summed E-state index contributed by atoms with van der Waals surface area (Å²) >= 11 is 0. The topological polar surface area (TPSA) is 66.8 Å². The van der Waals surface area contributed by atoms with Gasteiger partial charge in [-0.1, -0.05) is 30.3 Å². The molecule has 2 rings (SSSR count). The van der Waals surface area contributed by atoms with Crippen molar-refractivity contribution in [3.63, 3.8) is 0 Å². The highest BCUT2D eigenvalue weighted by Gasteiger charge is 2.38. The van der Waals surface area contributed by atoms with Crippen molar-refractivity contribution in [1.82, 2.24) is 4.90 Å². The molecule has 0 spiro atoms. The van der Waals surface area contributed by atoms with Crippen LogP contribution in [0.5, 0.6) is 0 Å². The first kappa shape index (κ1) is 16.4. The van der Waals surface area contributed by atoms with Gasteiger partial charge in [0.05, 0.1) is 18.5 Å². The molecule has 1 N–H and O–H groups in total. The minimum atomic E-state index is -3.48. The van der Waals surface area contributed by atoms with Crippen LogP contribution >= 0.6 is 0 Å². The first-order valence-electron chi connectivity index (χ1n) is 7.09. The molecule has 0 aliphatic carbocycles. The molecule has 118 valence electrons. The summed E-state index contributed by atoms with van der Waals surface area (Å²) in [4.78, 5) is 2.23. The second-order valence-corrected chi connectivity index (χ2v) is 7.66. The summed E-state index contributed by atoms with van der Waals surface area (Å²) in [6, 6.07) is 10.1. The van der Waals surface area contributed by atoms with E-state index in [2.05, 4.69) is 17.0 Å². The summed E-state index contributed by atoms with van der Waals surface area (Å²) in [6.45, 7) is 3.99. The van der Waals surface area contributed by atoms with Crippen LogP contribution in [0, 0.1) is 5.92 Å². The molecule has 6 heteroatoms. The first-order valence-corrected chi connectivity index (χ1v) is 8.91. The summed E-state index contributed by atoms with van der Waals surface area (Å²) in [6.07, 6.45) is 1.64. The largest absolute Gasteiger partial charge is 0.390 e. The average Bonchev–Trinajstić information content (AvgIpc) is 2.39. The van der Waals surface area contributed by atoms with E-state index in [0.717, 1.165) is 19.3 Å². The van der Waals surface area contributed by atoms with Crippen molar-refractivity contribution in [2.24, 2.45) is 5.92 Å². The molecular formula is C15H23NO4S. The summed E-state index contributed by atoms with van der Waals surface area (Å²) in [5.74, 6) is -0.218. The molecule has 1 fully saturated rings. The number of aliphatic hydroxyl groups is 1. The van der Waals surface area contributed by atoms with E-state index in [1.807, 2.05) is 18.2 Å². The average molecular weight is 313 g/mol. The van der Waals surface area contributed by atoms with Crippen molar-refractivity contribution in [2.45, 2.75) is 25.5 Å². The zero-order valence-electron chi connectivity index (χ0n) is 12.5. The Morgan fingerprint density at radius 3 is 2.67 bits per heavy atom. The summed E-state index contributed by atoms with van der Waals surface area (Å²) in [5, 5.41) is 10.4. The molecule has 21 heavy (non-hydrogen) atoms. The van der Waals surface area contributed by atoms with Crippen LogP contribution in [0.3, 0.4) is 0 Å². The molecule has 0 amide bonds. The Morgan fingerprint density at radius 2 is 2.05 bits per heavy atom. The molecule has 0 bridgehead atoms. The van der Waals surface area contributed by atoms with Gasteiger partial charge in [0.1, 0.15) is 0 Å². The lowest BCUT2D eigenvalue weighted by Crippen LogP contribution is -2.51. The van der Waals surface area contributed by atoms with Crippen molar-refractivity contribution < 1.29 is 17.7 Å². The fraction of sp³-hybridized carbons (Fsp3) is 0.600. The number of likely N-dealkylation sites (tertiary alicyclic amines) is 1. The van der Waals surface area contributed by atoms with Gasteiger partial charge in [-0.2, -0.15) is 8.42 Å². The Hall–Kier alpha value is -0.950. The van der Waals surface area contributed by atoms with Gasteiger partial charge in [0.15, 0.2) is 0 Å². The lowest BCUT2D eigenvalue weighted by molar-refractivity contribution is -0.0727. The van der Waals surface area contributed by atoms with Crippen LogP contribution in [0.1, 0.15) is 18.9 Å². The van der Waals surface area contributed by atoms with Crippen LogP contribution in [0.25, 0.3) is 0 Å². The predicted molar refractivity (Wildman–Crippen MR) is 81.2 cm³/mol. The normalized spacial score (nSPS) is 27.7. The van der Waals surface area contributed by atoms with Gasteiger partial charge >= 0.3 is 0 Å². The van der Waals surface area contributed by atoms with Gasteiger partial charge in [-0.3, -0.25) is 9.08 Å². The molecule has 1 aromatic rings. The van der Waals surface area contributed by atoms with Gasteiger partial charge < -0.3 is 5.11 Å². The van der Waals surface area contributed by atoms with Crippen molar-refractivity contribution >= 4 is 10.1 Å². The minimum absolute atomic E-state index is 0.0249. The summed E-state index contributed by atoms with van der Waals surface area (Å²) in [7, 11) is -3.48. The molecule has 0 aromatic heterocycles. The van der Waals surface area contributed by atoms with Crippen molar-refractivity contribution in [2.75, 3.05) is 26.0 Å². The third-order valence-electron chi connectivity index (χ3n) is 4.02. The van der Waals surface area contributed by atoms with Crippen LogP contribution in [0.15, 0.2) is 30.3 Å². The molecule has 0 radical (unpaired) electrons. The molecule has 2 atom stereocenters. The molecule has 0 saturated carbocycles. The van der Waals surface area contributed by atoms with E-state index in [1.165, 1.54) is 5.56 Å². The van der Waals surface area contributed by atoms with Crippen LogP contribution in [-0.2, 0) is 20.8 Å². The van der Waals surface area contributed by atoms with Gasteiger partial charge in [-0.05, 0) is 18.9 Å². The Kier molecular flexibility index (Phi) is 5.03. The highest BCUT2D eigenvalue weighted by Crippen LogP contribution is 2.29. The maximum absolute atomic E-state index is 11.1. The predicted octanol–water partition coefficient (Wildman–Crippen LogP) is 1.24. The summed E-state index contributed by atoms with van der Waals surface area (Å²) < 4.78 is 27.2. The highest BCUT2D eigenvalue weighted by molar-refractivity contribution is 7.85. The third kappa shape index (κ3) is 5.07. The quantitative estimate of drug-likeness (QED) is 0.828. The molecule has 1 saturated heterocycles. The van der Waals surface area contributed by atoms with Gasteiger partial charge in [0.25, 0.3) is 10.1 Å². The van der Waals surface area contributed by atoms with Gasteiger partial charge in [0, 0.05) is 25.6 Å². The Morgan fingerprint density at radius 1 is 1.38 bits per heavy atom. The number of nitrogens with zero attached hydrogens (tertiary/aromatic N) is 1. The van der Waals surface area contributed by atoms with Crippen molar-refractivity contribution in [1.29, 1.82) is 0 Å². The van der Waals surface area contributed by atoms with Crippen LogP contribution in [0.2, 0.25) is 0 Å². The smallest absolute Gasteiger partial charge is 0.264 e. The van der Waals surface area contributed by atoms with Crippen LogP contribution in [-0.4, -0.2) is 50.0 Å². The number of hydrogen-bond donors (Lipinski definition) is 1. The van der Waals surface area contributed by atoms with Crippen LogP contribution < -0.4 is 0 Å². The lowest BCUT2D eigenvalue weighted by Gasteiger charge is -2.42. The maximum atomic E-state index is 11.1. The molecule has 1 heterocycles. The molecular weight excluding hydrogens is 290 g/mol. The zero-order valence-corrected chi connectivity index (χ0v) is 13.3. The molecule has 5 nitrogen and oxygen atoms in total. The zero-order chi connectivity index (χ0) is 15.5. The monoisotopic (exact) mass is 313 g/mol. The molecule has 1 aromatic carbocycles. The van der Waals surface area contributed by atoms with E-state index < -0.39 is 15.7 Å². The second kappa shape index (κ2) is 6.44. The summed E-state index contributed by atoms with van der Waals surface area (Å²) in [5.41, 5.74) is 0.319. The van der Waals surface area contributed by atoms with Gasteiger partial charge in [-0.15, -0.1) is 0 Å². The van der Waals surface area contributed by atoms with E-state index in [1.54, 1.807) is 6.92 Å². The van der Waals surface area contributed by atoms with Crippen LogP contribution in [0.4, 0.5) is 0 Å². The van der Waals surface area contributed by atoms with Crippen molar-refractivity contribution in [3.8, 4) is 0 Å². The first-order chi connectivity index (χ1) is 9.76. The Labute approximate surface area is 126 Å². The van der Waals surface area contributed by atoms with E-state index in [9.17, 15) is 13.5 Å². The second-order valence-electron chi connectivity index (χ2n) is 6.01. The Balaban J connectivity index is 1.98. The minimum Gasteiger partial charge on any atom is -0.390 e. The maximum Gasteiger partial charge on any atom is 0.264 e. The molecule has 1 aliphatic rings. The van der Waals surface area contributed by atoms with E-state index >= 15 is 0 Å². The lowest BCUT2D eigenvalue weighted by atomic mass is 9.83. The fourth-order valence-electron chi connectivity index (χ4n) is 2.61. The number of benzene rings is 1. The standard InChI is InChI=1S/C15H23NO4S/c1-15(17)8-9-16(10-13-6-4-3-5-7-13)11-14(15)12-20-21(2,18)19/h3-7,14,17H,8-12H2,1-2H3. The molecule has 1 aliphatic heterocycles.